The third-order valence-corrected chi connectivity index (χ3v) is 9.06. The minimum atomic E-state index is -3.36. The number of carbonyl (C=O) groups is 1. The van der Waals surface area contributed by atoms with Crippen molar-refractivity contribution >= 4 is 26.7 Å². The first kappa shape index (κ1) is 24.6. The number of hydrogen-bond donors (Lipinski definition) is 1. The molecule has 1 heterocycles. The molecule has 4 rings (SSSR count). The molecule has 0 bridgehead atoms. The highest BCUT2D eigenvalue weighted by Gasteiger charge is 2.33. The van der Waals surface area contributed by atoms with Crippen molar-refractivity contribution in [2.45, 2.75) is 37.9 Å². The van der Waals surface area contributed by atoms with Crippen molar-refractivity contribution in [2.75, 3.05) is 6.26 Å². The maximum Gasteiger partial charge on any atom is 0.313 e. The lowest BCUT2D eigenvalue weighted by Gasteiger charge is -2.24. The van der Waals surface area contributed by atoms with Gasteiger partial charge < -0.3 is 5.11 Å². The van der Waals surface area contributed by atoms with Gasteiger partial charge in [0.1, 0.15) is 0 Å². The molecule has 0 amide bonds. The average Bonchev–Trinajstić information content (AvgIpc) is 2.82. The van der Waals surface area contributed by atoms with E-state index < -0.39 is 26.0 Å². The van der Waals surface area contributed by atoms with Gasteiger partial charge in [-0.2, -0.15) is 0 Å². The van der Waals surface area contributed by atoms with Crippen LogP contribution in [-0.2, 0) is 24.8 Å². The van der Waals surface area contributed by atoms with E-state index >= 15 is 0 Å². The van der Waals surface area contributed by atoms with E-state index in [0.717, 1.165) is 38.7 Å². The number of rotatable bonds is 6. The number of hydrogen-bond acceptors (Lipinski definition) is 4. The third kappa shape index (κ3) is 4.46. The van der Waals surface area contributed by atoms with Gasteiger partial charge in [-0.25, -0.2) is 8.42 Å². The lowest BCUT2D eigenvalue weighted by Crippen LogP contribution is -2.28. The van der Waals surface area contributed by atoms with Crippen molar-refractivity contribution in [1.82, 2.24) is 4.98 Å². The molecule has 0 aliphatic carbocycles. The lowest BCUT2D eigenvalue weighted by atomic mass is 9.84. The minimum Gasteiger partial charge on any atom is -0.481 e. The molecule has 1 N–H and O–H groups in total. The van der Waals surface area contributed by atoms with Crippen molar-refractivity contribution in [3.8, 4) is 22.3 Å². The Hall–Kier alpha value is -3.51. The van der Waals surface area contributed by atoms with Gasteiger partial charge in [0.2, 0.25) is 0 Å². The van der Waals surface area contributed by atoms with Gasteiger partial charge in [-0.15, -0.1) is 0 Å². The molecule has 3 aromatic carbocycles. The van der Waals surface area contributed by atoms with Crippen LogP contribution in [0.1, 0.15) is 38.8 Å². The minimum absolute atomic E-state index is 0.709. The summed E-state index contributed by atoms with van der Waals surface area (Å²) in [6, 6.07) is 23.2. The van der Waals surface area contributed by atoms with Gasteiger partial charge in [0.25, 0.3) is 0 Å². The van der Waals surface area contributed by atoms with Crippen LogP contribution >= 0.6 is 0 Å². The smallest absolute Gasteiger partial charge is 0.313 e. The summed E-state index contributed by atoms with van der Waals surface area (Å²) in [6.45, 7) is 6.82. The van der Waals surface area contributed by atoms with E-state index in [4.69, 9.17) is 0 Å². The van der Waals surface area contributed by atoms with Gasteiger partial charge in [-0.3, -0.25) is 9.78 Å². The Bertz CT molecular complexity index is 1540. The van der Waals surface area contributed by atoms with Crippen LogP contribution in [0.3, 0.4) is 0 Å². The van der Waals surface area contributed by atoms with E-state index in [0.29, 0.717) is 5.56 Å². The number of aliphatic carboxylic acids is 1. The normalized spacial score (nSPS) is 12.6. The van der Waals surface area contributed by atoms with Gasteiger partial charge in [0.05, 0.1) is 15.7 Å². The Balaban J connectivity index is 1.85. The second-order valence-corrected chi connectivity index (χ2v) is 12.5. The zero-order valence-electron chi connectivity index (χ0n) is 20.5. The Morgan fingerprint density at radius 1 is 0.800 bits per heavy atom. The summed E-state index contributed by atoms with van der Waals surface area (Å²) in [5, 5.41) is 10.4. The molecule has 0 atom stereocenters. The van der Waals surface area contributed by atoms with E-state index in [1.54, 1.807) is 33.9 Å². The van der Waals surface area contributed by atoms with Crippen molar-refractivity contribution in [3.05, 3.63) is 90.1 Å². The number of nitrogens with zero attached hydrogens (tertiary/aromatic N) is 1. The molecule has 0 aliphatic rings. The van der Waals surface area contributed by atoms with Gasteiger partial charge >= 0.3 is 5.97 Å². The molecule has 180 valence electrons. The van der Waals surface area contributed by atoms with E-state index in [1.807, 2.05) is 66.7 Å². The molecular formula is C29H29NO4S. The van der Waals surface area contributed by atoms with Crippen molar-refractivity contribution in [2.24, 2.45) is 0 Å². The average molecular weight is 488 g/mol. The fourth-order valence-corrected chi connectivity index (χ4v) is 4.59. The molecule has 0 saturated carbocycles. The van der Waals surface area contributed by atoms with E-state index in [1.165, 1.54) is 6.26 Å². The highest BCUT2D eigenvalue weighted by molar-refractivity contribution is 7.91. The number of fused-ring (bicyclic) bond motifs is 1. The highest BCUT2D eigenvalue weighted by Crippen LogP contribution is 2.37. The van der Waals surface area contributed by atoms with Crippen LogP contribution in [0.4, 0.5) is 0 Å². The molecule has 0 aliphatic heterocycles. The second-order valence-electron chi connectivity index (χ2n) is 9.97. The molecule has 5 nitrogen and oxygen atoms in total. The fraction of sp³-hybridized carbons (Fsp3) is 0.241. The number of sulfone groups is 1. The van der Waals surface area contributed by atoms with Crippen LogP contribution in [0.2, 0.25) is 0 Å². The van der Waals surface area contributed by atoms with E-state index in [-0.39, 0.29) is 0 Å². The summed E-state index contributed by atoms with van der Waals surface area (Å²) in [5.74, 6) is -0.872. The fourth-order valence-electron chi connectivity index (χ4n) is 4.04. The maximum absolute atomic E-state index is 12.6. The van der Waals surface area contributed by atoms with Gasteiger partial charge in [-0.1, -0.05) is 48.5 Å². The zero-order valence-corrected chi connectivity index (χ0v) is 21.3. The van der Waals surface area contributed by atoms with Crippen LogP contribution in [0.5, 0.6) is 0 Å². The monoisotopic (exact) mass is 487 g/mol. The predicted molar refractivity (Wildman–Crippen MR) is 141 cm³/mol. The first-order chi connectivity index (χ1) is 16.3. The van der Waals surface area contributed by atoms with Crippen LogP contribution < -0.4 is 0 Å². The molecule has 0 radical (unpaired) electrons. The van der Waals surface area contributed by atoms with Crippen LogP contribution in [0, 0.1) is 0 Å². The molecule has 0 saturated heterocycles. The zero-order chi connectivity index (χ0) is 25.6. The van der Waals surface area contributed by atoms with Crippen LogP contribution in [-0.4, -0.2) is 30.7 Å². The summed E-state index contributed by atoms with van der Waals surface area (Å²) >= 11 is 0. The van der Waals surface area contributed by atoms with Gasteiger partial charge in [-0.05, 0) is 79.8 Å². The maximum atomic E-state index is 12.6. The van der Waals surface area contributed by atoms with E-state index in [2.05, 4.69) is 11.1 Å². The molecule has 35 heavy (non-hydrogen) atoms. The third-order valence-electron chi connectivity index (χ3n) is 6.98. The quantitative estimate of drug-likeness (QED) is 0.349. The summed E-state index contributed by atoms with van der Waals surface area (Å²) in [4.78, 5) is 16.2. The largest absolute Gasteiger partial charge is 0.481 e. The summed E-state index contributed by atoms with van der Waals surface area (Å²) in [5.41, 5.74) is 4.99. The summed E-state index contributed by atoms with van der Waals surface area (Å²) in [7, 11) is -3.36. The summed E-state index contributed by atoms with van der Waals surface area (Å²) < 4.78 is 24.1. The van der Waals surface area contributed by atoms with Crippen molar-refractivity contribution in [1.29, 1.82) is 0 Å². The van der Waals surface area contributed by atoms with Gasteiger partial charge in [0, 0.05) is 23.4 Å². The Kier molecular flexibility index (Phi) is 6.05. The lowest BCUT2D eigenvalue weighted by molar-refractivity contribution is -0.142. The van der Waals surface area contributed by atoms with Crippen molar-refractivity contribution in [3.63, 3.8) is 0 Å². The molecular weight excluding hydrogens is 458 g/mol. The number of carboxylic acids is 1. The van der Waals surface area contributed by atoms with Crippen LogP contribution in [0.25, 0.3) is 33.2 Å². The van der Waals surface area contributed by atoms with Gasteiger partial charge in [0.15, 0.2) is 9.84 Å². The van der Waals surface area contributed by atoms with Crippen LogP contribution in [0.15, 0.2) is 79.0 Å². The first-order valence-electron chi connectivity index (χ1n) is 11.4. The Labute approximate surface area is 206 Å². The number of benzene rings is 3. The van der Waals surface area contributed by atoms with Crippen molar-refractivity contribution < 1.29 is 18.3 Å². The number of carboxylic acid groups (broad SMARTS) is 1. The predicted octanol–water partition coefficient (Wildman–Crippen LogP) is 6.21. The molecule has 4 aromatic rings. The number of pyridine rings is 1. The summed E-state index contributed by atoms with van der Waals surface area (Å²) in [6.07, 6.45) is 3.00. The Morgan fingerprint density at radius 3 is 2.09 bits per heavy atom. The second kappa shape index (κ2) is 8.61. The highest BCUT2D eigenvalue weighted by atomic mass is 32.2. The molecule has 0 unspecified atom stereocenters. The molecule has 0 fully saturated rings. The molecule has 6 heteroatoms. The SMILES string of the molecule is CC(C)(C(=O)O)c1ccc(-c2cccc(-c3cc(C(C)(C)S(C)(=O)=O)cc4cccnc34)c2)cc1. The standard InChI is InChI=1S/C29H29NO4S/c1-28(2,27(31)32)23-13-11-19(12-14-23)20-8-6-9-21(16-20)25-18-24(29(3,4)35(5,33)34)17-22-10-7-15-30-26(22)25/h6-18H,1-5H3,(H,31,32). The Morgan fingerprint density at radius 2 is 1.46 bits per heavy atom. The topological polar surface area (TPSA) is 84.3 Å². The number of aromatic nitrogens is 1. The molecule has 1 aromatic heterocycles. The molecule has 0 spiro atoms. The first-order valence-corrected chi connectivity index (χ1v) is 13.2. The van der Waals surface area contributed by atoms with E-state index in [9.17, 15) is 18.3 Å².